The van der Waals surface area contributed by atoms with Crippen LogP contribution in [0.2, 0.25) is 0 Å². The third-order valence-electron chi connectivity index (χ3n) is 15.7. The maximum Gasteiger partial charge on any atom is 0.306 e. The van der Waals surface area contributed by atoms with Crippen molar-refractivity contribution in [1.82, 2.24) is 0 Å². The molecule has 6 nitrogen and oxygen atoms in total. The average Bonchev–Trinajstić information content (AvgIpc) is 3.42. The van der Waals surface area contributed by atoms with Gasteiger partial charge in [-0.3, -0.25) is 14.4 Å². The van der Waals surface area contributed by atoms with Crippen molar-refractivity contribution in [3.63, 3.8) is 0 Å². The molecule has 0 aliphatic rings. The van der Waals surface area contributed by atoms with Crippen molar-refractivity contribution >= 4 is 17.9 Å². The van der Waals surface area contributed by atoms with E-state index in [0.717, 1.165) is 64.2 Å². The summed E-state index contributed by atoms with van der Waals surface area (Å²) >= 11 is 0. The van der Waals surface area contributed by atoms with Gasteiger partial charge in [0.25, 0.3) is 0 Å². The van der Waals surface area contributed by atoms with E-state index in [4.69, 9.17) is 14.2 Å². The molecule has 1 atom stereocenters. The zero-order chi connectivity index (χ0) is 55.0. The number of hydrogen-bond acceptors (Lipinski definition) is 6. The van der Waals surface area contributed by atoms with Crippen molar-refractivity contribution in [2.45, 2.75) is 393 Å². The van der Waals surface area contributed by atoms with Gasteiger partial charge in [0.05, 0.1) is 0 Å². The molecule has 0 saturated carbocycles. The van der Waals surface area contributed by atoms with Crippen LogP contribution in [0.25, 0.3) is 0 Å². The molecule has 448 valence electrons. The third-order valence-corrected chi connectivity index (χ3v) is 15.7. The fourth-order valence-electron chi connectivity index (χ4n) is 10.5. The molecule has 0 aliphatic heterocycles. The second kappa shape index (κ2) is 65.4. The maximum atomic E-state index is 12.8. The first-order valence-corrected chi connectivity index (χ1v) is 34.3. The molecular weight excluding hydrogens is 937 g/mol. The summed E-state index contributed by atoms with van der Waals surface area (Å²) in [7, 11) is 0. The number of esters is 3. The van der Waals surface area contributed by atoms with Gasteiger partial charge in [-0.1, -0.05) is 340 Å². The number of hydrogen-bond donors (Lipinski definition) is 0. The molecule has 0 rings (SSSR count). The zero-order valence-corrected chi connectivity index (χ0v) is 51.6. The summed E-state index contributed by atoms with van der Waals surface area (Å²) in [5, 5.41) is 0. The highest BCUT2D eigenvalue weighted by Crippen LogP contribution is 2.19. The van der Waals surface area contributed by atoms with E-state index in [1.165, 1.54) is 283 Å². The fraction of sp³-hybridized carbons (Fsp3) is 0.900. The number of allylic oxidation sites excluding steroid dienone is 4. The molecule has 0 N–H and O–H groups in total. The lowest BCUT2D eigenvalue weighted by molar-refractivity contribution is -0.167. The lowest BCUT2D eigenvalue weighted by Gasteiger charge is -2.18. The van der Waals surface area contributed by atoms with Gasteiger partial charge >= 0.3 is 17.9 Å². The Kier molecular flexibility index (Phi) is 63.6. The number of carbonyl (C=O) groups is 3. The smallest absolute Gasteiger partial charge is 0.306 e. The van der Waals surface area contributed by atoms with E-state index in [1.54, 1.807) is 0 Å². The molecule has 0 amide bonds. The molecule has 0 saturated heterocycles. The van der Waals surface area contributed by atoms with Crippen molar-refractivity contribution in [3.05, 3.63) is 24.3 Å². The Hall–Kier alpha value is -2.11. The van der Waals surface area contributed by atoms with E-state index < -0.39 is 6.10 Å². The van der Waals surface area contributed by atoms with Gasteiger partial charge in [-0.2, -0.15) is 0 Å². The predicted octanol–water partition coefficient (Wildman–Crippen LogP) is 23.4. The topological polar surface area (TPSA) is 78.9 Å². The highest BCUT2D eigenvalue weighted by molar-refractivity contribution is 5.71. The molecule has 0 aromatic rings. The Morgan fingerprint density at radius 3 is 0.724 bits per heavy atom. The van der Waals surface area contributed by atoms with Crippen LogP contribution in [-0.2, 0) is 28.6 Å². The molecule has 0 fully saturated rings. The van der Waals surface area contributed by atoms with Crippen molar-refractivity contribution in [3.8, 4) is 0 Å². The van der Waals surface area contributed by atoms with E-state index in [0.29, 0.717) is 19.3 Å². The van der Waals surface area contributed by atoms with Crippen LogP contribution < -0.4 is 0 Å². The molecule has 0 heterocycles. The summed E-state index contributed by atoms with van der Waals surface area (Å²) in [5.74, 6) is -0.858. The maximum absolute atomic E-state index is 12.8. The van der Waals surface area contributed by atoms with Gasteiger partial charge in [0.1, 0.15) is 13.2 Å². The van der Waals surface area contributed by atoms with Crippen LogP contribution in [0.3, 0.4) is 0 Å². The van der Waals surface area contributed by atoms with Gasteiger partial charge in [0, 0.05) is 19.3 Å². The average molecular weight is 1070 g/mol. The van der Waals surface area contributed by atoms with Gasteiger partial charge in [-0.15, -0.1) is 0 Å². The second-order valence-corrected chi connectivity index (χ2v) is 23.5. The number of carbonyl (C=O) groups excluding carboxylic acids is 3. The molecule has 0 aromatic carbocycles. The fourth-order valence-corrected chi connectivity index (χ4v) is 10.5. The summed E-state index contributed by atoms with van der Waals surface area (Å²) in [5.41, 5.74) is 0. The number of rotatable bonds is 64. The monoisotopic (exact) mass is 1070 g/mol. The normalized spacial score (nSPS) is 12.1. The van der Waals surface area contributed by atoms with E-state index >= 15 is 0 Å². The van der Waals surface area contributed by atoms with Crippen LogP contribution in [0, 0.1) is 0 Å². The minimum Gasteiger partial charge on any atom is -0.462 e. The van der Waals surface area contributed by atoms with Crippen LogP contribution in [-0.4, -0.2) is 37.2 Å². The van der Waals surface area contributed by atoms with E-state index in [1.807, 2.05) is 0 Å². The van der Waals surface area contributed by atoms with Crippen LogP contribution in [0.4, 0.5) is 0 Å². The van der Waals surface area contributed by atoms with Crippen LogP contribution in [0.5, 0.6) is 0 Å². The van der Waals surface area contributed by atoms with Crippen molar-refractivity contribution in [1.29, 1.82) is 0 Å². The van der Waals surface area contributed by atoms with E-state index in [2.05, 4.69) is 45.1 Å². The van der Waals surface area contributed by atoms with Crippen molar-refractivity contribution in [2.75, 3.05) is 13.2 Å². The number of ether oxygens (including phenoxy) is 3. The largest absolute Gasteiger partial charge is 0.462 e. The highest BCUT2D eigenvalue weighted by atomic mass is 16.6. The number of unbranched alkanes of at least 4 members (excludes halogenated alkanes) is 49. The predicted molar refractivity (Wildman–Crippen MR) is 330 cm³/mol. The molecule has 0 bridgehead atoms. The molecule has 0 aromatic heterocycles. The summed E-state index contributed by atoms with van der Waals surface area (Å²) in [4.78, 5) is 38.0. The summed E-state index contributed by atoms with van der Waals surface area (Å²) in [6.07, 6.45) is 79.7. The lowest BCUT2D eigenvalue weighted by atomic mass is 10.0. The van der Waals surface area contributed by atoms with Crippen molar-refractivity contribution in [2.24, 2.45) is 0 Å². The van der Waals surface area contributed by atoms with Gasteiger partial charge in [-0.05, 0) is 51.4 Å². The highest BCUT2D eigenvalue weighted by Gasteiger charge is 2.19. The quantitative estimate of drug-likeness (QED) is 0.0261. The standard InChI is InChI=1S/C70H132O6/c1-4-7-10-13-16-18-20-22-24-26-28-30-31-32-33-34-35-36-37-38-39-41-42-44-46-48-50-52-54-57-60-63-69(72)75-66-67(65-74-68(71)62-59-56-15-12-9-6-3)76-70(73)64-61-58-55-53-51-49-47-45-43-40-29-27-25-23-21-19-17-14-11-8-5-2/h21,23,27,29,67H,4-20,22,24-26,28,30-66H2,1-3H3/b23-21-,29-27-. The molecule has 0 radical (unpaired) electrons. The summed E-state index contributed by atoms with van der Waals surface area (Å²) in [6.45, 7) is 6.63. The van der Waals surface area contributed by atoms with Gasteiger partial charge < -0.3 is 14.2 Å². The van der Waals surface area contributed by atoms with Crippen LogP contribution in [0.15, 0.2) is 24.3 Å². The Bertz CT molecular complexity index is 1230. The first-order chi connectivity index (χ1) is 37.5. The Balaban J connectivity index is 3.95. The van der Waals surface area contributed by atoms with E-state index in [-0.39, 0.29) is 31.1 Å². The molecule has 1 unspecified atom stereocenters. The lowest BCUT2D eigenvalue weighted by Crippen LogP contribution is -2.30. The third kappa shape index (κ3) is 62.7. The van der Waals surface area contributed by atoms with Crippen LogP contribution >= 0.6 is 0 Å². The van der Waals surface area contributed by atoms with E-state index in [9.17, 15) is 14.4 Å². The summed E-state index contributed by atoms with van der Waals surface area (Å²) in [6, 6.07) is 0. The first kappa shape index (κ1) is 73.9. The second-order valence-electron chi connectivity index (χ2n) is 23.5. The minimum absolute atomic E-state index is 0.0680. The Morgan fingerprint density at radius 2 is 0.474 bits per heavy atom. The Labute approximate surface area is 474 Å². The molecule has 76 heavy (non-hydrogen) atoms. The van der Waals surface area contributed by atoms with Gasteiger partial charge in [0.2, 0.25) is 0 Å². The minimum atomic E-state index is -0.768. The molecule has 6 heteroatoms. The molecular formula is C70H132O6. The zero-order valence-electron chi connectivity index (χ0n) is 51.6. The first-order valence-electron chi connectivity index (χ1n) is 34.3. The Morgan fingerprint density at radius 1 is 0.263 bits per heavy atom. The summed E-state index contributed by atoms with van der Waals surface area (Å²) < 4.78 is 16.8. The SMILES string of the molecule is CCCCCCC/C=C\C/C=C\CCCCCCCCCCCC(=O)OC(COC(=O)CCCCCCCC)COC(=O)CCCCCCCCCCCCCCCCCCCCCCCCCCCCCCCCC. The molecule has 0 spiro atoms. The van der Waals surface area contributed by atoms with Gasteiger partial charge in [-0.25, -0.2) is 0 Å². The van der Waals surface area contributed by atoms with Gasteiger partial charge in [0.15, 0.2) is 6.10 Å². The van der Waals surface area contributed by atoms with Crippen molar-refractivity contribution < 1.29 is 28.6 Å². The molecule has 0 aliphatic carbocycles. The van der Waals surface area contributed by atoms with Crippen LogP contribution in [0.1, 0.15) is 387 Å².